The Bertz CT molecular complexity index is 1070. The van der Waals surface area contributed by atoms with E-state index in [-0.39, 0.29) is 16.8 Å². The third kappa shape index (κ3) is 3.54. The Morgan fingerprint density at radius 3 is 2.14 bits per heavy atom. The van der Waals surface area contributed by atoms with E-state index in [1.807, 2.05) is 6.92 Å². The standard InChI is InChI=1S/C19H18N4O5/c1-10-15-8-13(9-20-16(15)23(2)22-10)17(24)21-14-6-11(18(25)27-3)5-12(7-14)19(26)28-4/h5-9H,1-4H3,(H,21,24). The van der Waals surface area contributed by atoms with Gasteiger partial charge >= 0.3 is 11.9 Å². The van der Waals surface area contributed by atoms with E-state index in [0.717, 1.165) is 11.1 Å². The van der Waals surface area contributed by atoms with Crippen LogP contribution in [0.4, 0.5) is 5.69 Å². The van der Waals surface area contributed by atoms with E-state index < -0.39 is 17.8 Å². The molecule has 3 rings (SSSR count). The van der Waals surface area contributed by atoms with Gasteiger partial charge in [-0.2, -0.15) is 5.10 Å². The molecule has 0 saturated carbocycles. The number of hydrogen-bond acceptors (Lipinski definition) is 7. The lowest BCUT2D eigenvalue weighted by atomic mass is 10.1. The maximum absolute atomic E-state index is 12.7. The summed E-state index contributed by atoms with van der Waals surface area (Å²) in [4.78, 5) is 40.7. The van der Waals surface area contributed by atoms with Crippen LogP contribution in [0.15, 0.2) is 30.5 Å². The van der Waals surface area contributed by atoms with Crippen LogP contribution >= 0.6 is 0 Å². The number of benzene rings is 1. The van der Waals surface area contributed by atoms with E-state index in [2.05, 4.69) is 24.9 Å². The molecule has 3 aromatic rings. The van der Waals surface area contributed by atoms with E-state index in [1.165, 1.54) is 38.6 Å². The average Bonchev–Trinajstić information content (AvgIpc) is 2.99. The van der Waals surface area contributed by atoms with E-state index in [0.29, 0.717) is 11.2 Å². The van der Waals surface area contributed by atoms with E-state index in [9.17, 15) is 14.4 Å². The second-order valence-electron chi connectivity index (χ2n) is 6.04. The van der Waals surface area contributed by atoms with Crippen LogP contribution in [-0.2, 0) is 16.5 Å². The minimum absolute atomic E-state index is 0.109. The molecule has 2 heterocycles. The molecule has 0 unspecified atom stereocenters. The molecule has 0 radical (unpaired) electrons. The topological polar surface area (TPSA) is 112 Å². The smallest absolute Gasteiger partial charge is 0.337 e. The predicted octanol–water partition coefficient (Wildman–Crippen LogP) is 2.10. The molecule has 9 heteroatoms. The molecule has 1 N–H and O–H groups in total. The Balaban J connectivity index is 1.96. The van der Waals surface area contributed by atoms with Crippen molar-refractivity contribution < 1.29 is 23.9 Å². The van der Waals surface area contributed by atoms with Crippen LogP contribution < -0.4 is 5.32 Å². The maximum Gasteiger partial charge on any atom is 0.337 e. The number of pyridine rings is 1. The molecular weight excluding hydrogens is 364 g/mol. The number of methoxy groups -OCH3 is 2. The fourth-order valence-electron chi connectivity index (χ4n) is 2.81. The highest BCUT2D eigenvalue weighted by atomic mass is 16.5. The molecule has 9 nitrogen and oxygen atoms in total. The fourth-order valence-corrected chi connectivity index (χ4v) is 2.81. The number of aromatic nitrogens is 3. The SMILES string of the molecule is COC(=O)c1cc(NC(=O)c2cnc3c(c2)c(C)nn3C)cc(C(=O)OC)c1. The minimum atomic E-state index is -0.643. The van der Waals surface area contributed by atoms with Gasteiger partial charge < -0.3 is 14.8 Å². The third-order valence-corrected chi connectivity index (χ3v) is 4.16. The normalized spacial score (nSPS) is 10.6. The molecule has 0 spiro atoms. The molecule has 1 aromatic carbocycles. The second kappa shape index (κ2) is 7.47. The first-order valence-electron chi connectivity index (χ1n) is 8.26. The van der Waals surface area contributed by atoms with Crippen LogP contribution in [-0.4, -0.2) is 46.8 Å². The molecule has 0 aliphatic heterocycles. The van der Waals surface area contributed by atoms with Crippen LogP contribution in [0.3, 0.4) is 0 Å². The van der Waals surface area contributed by atoms with Crippen molar-refractivity contribution in [2.45, 2.75) is 6.92 Å². The van der Waals surface area contributed by atoms with Crippen molar-refractivity contribution in [1.29, 1.82) is 0 Å². The van der Waals surface area contributed by atoms with Gasteiger partial charge in [-0.05, 0) is 31.2 Å². The molecule has 2 aromatic heterocycles. The van der Waals surface area contributed by atoms with Gasteiger partial charge in [0, 0.05) is 24.3 Å². The van der Waals surface area contributed by atoms with Gasteiger partial charge in [0.2, 0.25) is 0 Å². The van der Waals surface area contributed by atoms with Crippen molar-refractivity contribution in [3.63, 3.8) is 0 Å². The Morgan fingerprint density at radius 2 is 1.57 bits per heavy atom. The summed E-state index contributed by atoms with van der Waals surface area (Å²) in [6.07, 6.45) is 1.43. The van der Waals surface area contributed by atoms with Gasteiger partial charge in [0.1, 0.15) is 0 Å². The third-order valence-electron chi connectivity index (χ3n) is 4.16. The Kier molecular flexibility index (Phi) is 5.08. The lowest BCUT2D eigenvalue weighted by Gasteiger charge is -2.09. The molecular formula is C19H18N4O5. The highest BCUT2D eigenvalue weighted by molar-refractivity contribution is 6.07. The van der Waals surface area contributed by atoms with Crippen LogP contribution in [0.1, 0.15) is 36.8 Å². The number of amides is 1. The lowest BCUT2D eigenvalue weighted by Crippen LogP contribution is -2.14. The number of nitrogens with one attached hydrogen (secondary N) is 1. The predicted molar refractivity (Wildman–Crippen MR) is 100 cm³/mol. The van der Waals surface area contributed by atoms with Gasteiger partial charge in [0.15, 0.2) is 5.65 Å². The molecule has 0 atom stereocenters. The Labute approximate surface area is 160 Å². The van der Waals surface area contributed by atoms with Gasteiger partial charge in [-0.25, -0.2) is 14.6 Å². The quantitative estimate of drug-likeness (QED) is 0.688. The number of carbonyl (C=O) groups excluding carboxylic acids is 3. The molecule has 1 amide bonds. The van der Waals surface area contributed by atoms with Crippen molar-refractivity contribution in [3.05, 3.63) is 52.8 Å². The first-order chi connectivity index (χ1) is 13.3. The summed E-state index contributed by atoms with van der Waals surface area (Å²) in [5, 5.41) is 7.70. The van der Waals surface area contributed by atoms with Gasteiger partial charge in [0.25, 0.3) is 5.91 Å². The number of ether oxygens (including phenoxy) is 2. The van der Waals surface area contributed by atoms with Gasteiger partial charge in [-0.15, -0.1) is 0 Å². The second-order valence-corrected chi connectivity index (χ2v) is 6.04. The summed E-state index contributed by atoms with van der Waals surface area (Å²) in [5.74, 6) is -1.74. The van der Waals surface area contributed by atoms with Gasteiger partial charge in [-0.1, -0.05) is 0 Å². The highest BCUT2D eigenvalue weighted by Crippen LogP contribution is 2.20. The molecule has 0 aliphatic rings. The number of nitrogens with zero attached hydrogens (tertiary/aromatic N) is 3. The number of anilines is 1. The van der Waals surface area contributed by atoms with Crippen molar-refractivity contribution in [1.82, 2.24) is 14.8 Å². The summed E-state index contributed by atoms with van der Waals surface area (Å²) in [6.45, 7) is 1.83. The number of rotatable bonds is 4. The summed E-state index contributed by atoms with van der Waals surface area (Å²) in [6, 6.07) is 5.85. The van der Waals surface area contributed by atoms with Crippen LogP contribution in [0.5, 0.6) is 0 Å². The molecule has 144 valence electrons. The number of fused-ring (bicyclic) bond motifs is 1. The molecule has 28 heavy (non-hydrogen) atoms. The number of esters is 2. The molecule has 0 aliphatic carbocycles. The summed E-state index contributed by atoms with van der Waals surface area (Å²) >= 11 is 0. The Morgan fingerprint density at radius 1 is 0.964 bits per heavy atom. The largest absolute Gasteiger partial charge is 0.465 e. The van der Waals surface area contributed by atoms with Crippen molar-refractivity contribution in [2.24, 2.45) is 7.05 Å². The van der Waals surface area contributed by atoms with Gasteiger partial charge in [0.05, 0.1) is 36.6 Å². The molecule has 0 saturated heterocycles. The zero-order chi connectivity index (χ0) is 20.4. The molecule has 0 bridgehead atoms. The monoisotopic (exact) mass is 382 g/mol. The molecule has 0 fully saturated rings. The fraction of sp³-hybridized carbons (Fsp3) is 0.211. The maximum atomic E-state index is 12.7. The van der Waals surface area contributed by atoms with E-state index >= 15 is 0 Å². The van der Waals surface area contributed by atoms with E-state index in [4.69, 9.17) is 0 Å². The summed E-state index contributed by atoms with van der Waals surface area (Å²) in [5.41, 5.74) is 2.19. The summed E-state index contributed by atoms with van der Waals surface area (Å²) < 4.78 is 11.0. The number of hydrogen-bond donors (Lipinski definition) is 1. The minimum Gasteiger partial charge on any atom is -0.465 e. The Hall–Kier alpha value is -3.75. The van der Waals surface area contributed by atoms with Gasteiger partial charge in [-0.3, -0.25) is 9.48 Å². The van der Waals surface area contributed by atoms with Crippen molar-refractivity contribution in [2.75, 3.05) is 19.5 Å². The zero-order valence-electron chi connectivity index (χ0n) is 15.8. The van der Waals surface area contributed by atoms with E-state index in [1.54, 1.807) is 17.8 Å². The van der Waals surface area contributed by atoms with Crippen molar-refractivity contribution in [3.8, 4) is 0 Å². The average molecular weight is 382 g/mol. The lowest BCUT2D eigenvalue weighted by molar-refractivity contribution is 0.0599. The van der Waals surface area contributed by atoms with Crippen LogP contribution in [0.25, 0.3) is 11.0 Å². The number of aryl methyl sites for hydroxylation is 2. The van der Waals surface area contributed by atoms with Crippen molar-refractivity contribution >= 4 is 34.6 Å². The van der Waals surface area contributed by atoms with Crippen LogP contribution in [0.2, 0.25) is 0 Å². The van der Waals surface area contributed by atoms with Crippen LogP contribution in [0, 0.1) is 6.92 Å². The highest BCUT2D eigenvalue weighted by Gasteiger charge is 2.16. The summed E-state index contributed by atoms with van der Waals surface area (Å²) in [7, 11) is 4.22. The number of carbonyl (C=O) groups is 3. The first kappa shape index (κ1) is 19.0. The first-order valence-corrected chi connectivity index (χ1v) is 8.26. The zero-order valence-corrected chi connectivity index (χ0v) is 15.8.